The van der Waals surface area contributed by atoms with Crippen molar-refractivity contribution in [2.75, 3.05) is 0 Å². The van der Waals surface area contributed by atoms with Gasteiger partial charge in [-0.1, -0.05) is 170 Å². The zero-order valence-corrected chi connectivity index (χ0v) is 27.3. The zero-order chi connectivity index (χ0) is 32.8. The first-order chi connectivity index (χ1) is 24.8. The molecule has 0 spiro atoms. The van der Waals surface area contributed by atoms with E-state index in [0.717, 1.165) is 0 Å². The van der Waals surface area contributed by atoms with Crippen LogP contribution in [0.25, 0.3) is 108 Å². The smallest absolute Gasteiger partial charge is 0.00139 e. The molecule has 11 aromatic rings. The summed E-state index contributed by atoms with van der Waals surface area (Å²) in [6.07, 6.45) is 0. The van der Waals surface area contributed by atoms with E-state index in [1.807, 2.05) is 0 Å². The number of benzene rings is 11. The maximum Gasteiger partial charge on any atom is -0.00139 e. The fourth-order valence-electron chi connectivity index (χ4n) is 8.87. The van der Waals surface area contributed by atoms with E-state index in [0.29, 0.717) is 0 Å². The second kappa shape index (κ2) is 10.5. The van der Waals surface area contributed by atoms with Gasteiger partial charge in [0.2, 0.25) is 0 Å². The molecule has 0 unspecified atom stereocenters. The van der Waals surface area contributed by atoms with Crippen LogP contribution in [-0.2, 0) is 0 Å². The lowest BCUT2D eigenvalue weighted by Crippen LogP contribution is -1.92. The van der Waals surface area contributed by atoms with Crippen LogP contribution >= 0.6 is 0 Å². The van der Waals surface area contributed by atoms with Gasteiger partial charge >= 0.3 is 0 Å². The van der Waals surface area contributed by atoms with Gasteiger partial charge in [-0.15, -0.1) is 0 Å². The molecule has 0 aliphatic carbocycles. The van der Waals surface area contributed by atoms with Crippen LogP contribution in [-0.4, -0.2) is 0 Å². The van der Waals surface area contributed by atoms with Gasteiger partial charge in [0.05, 0.1) is 0 Å². The van der Waals surface area contributed by atoms with Gasteiger partial charge in [-0.3, -0.25) is 0 Å². The lowest BCUT2D eigenvalue weighted by molar-refractivity contribution is 1.68. The van der Waals surface area contributed by atoms with Crippen molar-refractivity contribution in [3.63, 3.8) is 0 Å². The second-order valence-electron chi connectivity index (χ2n) is 13.6. The van der Waals surface area contributed by atoms with Crippen molar-refractivity contribution < 1.29 is 0 Å². The number of rotatable bonds is 2. The Bertz CT molecular complexity index is 3140. The summed E-state index contributed by atoms with van der Waals surface area (Å²) in [7, 11) is 0. The minimum absolute atomic E-state index is 1.24. The number of fused-ring (bicyclic) bond motifs is 14. The van der Waals surface area contributed by atoms with Crippen molar-refractivity contribution >= 4 is 86.2 Å². The zero-order valence-electron chi connectivity index (χ0n) is 27.3. The summed E-state index contributed by atoms with van der Waals surface area (Å²) in [5, 5.41) is 20.7. The summed E-state index contributed by atoms with van der Waals surface area (Å²) in [5.41, 5.74) is 5.07. The topological polar surface area (TPSA) is 0 Å². The standard InChI is InChI=1S/C50H30/c1-2-14-32-29-33(26-25-31(32)13-1)47-41-21-9-11-23-43(41)48(44-24-12-10-22-42(44)47)34-27-28-45-46(30-34)37-17-5-8-20-40(37)49-38-18-6-3-15-35(38)36-16-4-7-19-39(36)50(45)49/h1-30H. The quantitative estimate of drug-likeness (QED) is 0.132. The van der Waals surface area contributed by atoms with Gasteiger partial charge in [0.1, 0.15) is 0 Å². The Kier molecular flexibility index (Phi) is 5.76. The van der Waals surface area contributed by atoms with E-state index in [4.69, 9.17) is 0 Å². The molecule has 0 aliphatic rings. The Labute approximate surface area is 289 Å². The van der Waals surface area contributed by atoms with E-state index in [9.17, 15) is 0 Å². The Hall–Kier alpha value is -6.50. The first-order valence-corrected chi connectivity index (χ1v) is 17.4. The molecule has 0 aliphatic heterocycles. The third kappa shape index (κ3) is 3.82. The van der Waals surface area contributed by atoms with E-state index < -0.39 is 0 Å². The first kappa shape index (κ1) is 27.5. The summed E-state index contributed by atoms with van der Waals surface area (Å²) >= 11 is 0. The van der Waals surface area contributed by atoms with Crippen LogP contribution in [0.3, 0.4) is 0 Å². The lowest BCUT2D eigenvalue weighted by Gasteiger charge is -2.19. The van der Waals surface area contributed by atoms with E-state index >= 15 is 0 Å². The van der Waals surface area contributed by atoms with Crippen LogP contribution < -0.4 is 0 Å². The molecule has 0 fully saturated rings. The molecule has 11 rings (SSSR count). The van der Waals surface area contributed by atoms with Crippen molar-refractivity contribution in [1.29, 1.82) is 0 Å². The largest absolute Gasteiger partial charge is 0.0616 e. The van der Waals surface area contributed by atoms with Crippen molar-refractivity contribution in [1.82, 2.24) is 0 Å². The van der Waals surface area contributed by atoms with Crippen molar-refractivity contribution in [3.8, 4) is 22.3 Å². The monoisotopic (exact) mass is 630 g/mol. The minimum atomic E-state index is 1.24. The van der Waals surface area contributed by atoms with Crippen LogP contribution in [0.15, 0.2) is 182 Å². The Morgan fingerprint density at radius 1 is 0.200 bits per heavy atom. The highest BCUT2D eigenvalue weighted by molar-refractivity contribution is 6.39. The van der Waals surface area contributed by atoms with Gasteiger partial charge in [-0.25, -0.2) is 0 Å². The Morgan fingerprint density at radius 3 is 1.04 bits per heavy atom. The second-order valence-corrected chi connectivity index (χ2v) is 13.6. The summed E-state index contributed by atoms with van der Waals surface area (Å²) in [6, 6.07) is 67.6. The van der Waals surface area contributed by atoms with Gasteiger partial charge in [0, 0.05) is 0 Å². The van der Waals surface area contributed by atoms with Crippen LogP contribution in [0.4, 0.5) is 0 Å². The van der Waals surface area contributed by atoms with Gasteiger partial charge in [-0.2, -0.15) is 0 Å². The summed E-state index contributed by atoms with van der Waals surface area (Å²) < 4.78 is 0. The third-order valence-electron chi connectivity index (χ3n) is 11.0. The SMILES string of the molecule is c1ccc2cc(-c3c4ccccc4c(-c4ccc5c(c4)c4ccccc4c4c6ccccc6c6ccccc6c54)c4ccccc34)ccc2c1. The van der Waals surface area contributed by atoms with Crippen molar-refractivity contribution in [2.45, 2.75) is 0 Å². The predicted octanol–water partition coefficient (Wildman–Crippen LogP) is 14.2. The van der Waals surface area contributed by atoms with Crippen LogP contribution in [0.5, 0.6) is 0 Å². The summed E-state index contributed by atoms with van der Waals surface area (Å²) in [5.74, 6) is 0. The molecule has 0 heteroatoms. The van der Waals surface area contributed by atoms with E-state index in [1.54, 1.807) is 0 Å². The Balaban J connectivity index is 1.27. The maximum atomic E-state index is 2.46. The van der Waals surface area contributed by atoms with Gasteiger partial charge in [0.15, 0.2) is 0 Å². The normalized spacial score (nSPS) is 12.0. The van der Waals surface area contributed by atoms with Crippen molar-refractivity contribution in [2.24, 2.45) is 0 Å². The molecule has 0 saturated heterocycles. The average Bonchev–Trinajstić information content (AvgIpc) is 3.19. The molecule has 0 nitrogen and oxygen atoms in total. The fourth-order valence-corrected chi connectivity index (χ4v) is 8.87. The average molecular weight is 631 g/mol. The molecule has 230 valence electrons. The molecule has 0 radical (unpaired) electrons. The summed E-state index contributed by atoms with van der Waals surface area (Å²) in [4.78, 5) is 0. The highest BCUT2D eigenvalue weighted by Gasteiger charge is 2.19. The van der Waals surface area contributed by atoms with Crippen LogP contribution in [0.2, 0.25) is 0 Å². The maximum absolute atomic E-state index is 2.46. The van der Waals surface area contributed by atoms with Gasteiger partial charge < -0.3 is 0 Å². The van der Waals surface area contributed by atoms with Crippen molar-refractivity contribution in [3.05, 3.63) is 182 Å². The molecule has 0 bridgehead atoms. The molecule has 11 aromatic carbocycles. The van der Waals surface area contributed by atoms with Gasteiger partial charge in [-0.05, 0) is 121 Å². The lowest BCUT2D eigenvalue weighted by atomic mass is 9.83. The highest BCUT2D eigenvalue weighted by Crippen LogP contribution is 2.47. The molecular weight excluding hydrogens is 601 g/mol. The van der Waals surface area contributed by atoms with Gasteiger partial charge in [0.25, 0.3) is 0 Å². The fraction of sp³-hybridized carbons (Fsp3) is 0. The van der Waals surface area contributed by atoms with E-state index in [-0.39, 0.29) is 0 Å². The van der Waals surface area contributed by atoms with Crippen LogP contribution in [0.1, 0.15) is 0 Å². The molecule has 0 aromatic heterocycles. The minimum Gasteiger partial charge on any atom is -0.0616 e. The molecule has 0 atom stereocenters. The van der Waals surface area contributed by atoms with E-state index in [1.165, 1.54) is 108 Å². The Morgan fingerprint density at radius 2 is 0.540 bits per heavy atom. The predicted molar refractivity (Wildman–Crippen MR) is 217 cm³/mol. The molecule has 50 heavy (non-hydrogen) atoms. The molecule has 0 N–H and O–H groups in total. The third-order valence-corrected chi connectivity index (χ3v) is 11.0. The molecular formula is C50H30. The number of hydrogen-bond acceptors (Lipinski definition) is 0. The molecule has 0 heterocycles. The molecule has 0 amide bonds. The summed E-state index contributed by atoms with van der Waals surface area (Å²) in [6.45, 7) is 0. The highest BCUT2D eigenvalue weighted by atomic mass is 14.2. The van der Waals surface area contributed by atoms with E-state index in [2.05, 4.69) is 182 Å². The number of hydrogen-bond donors (Lipinski definition) is 0. The molecule has 0 saturated carbocycles. The van der Waals surface area contributed by atoms with Crippen LogP contribution in [0, 0.1) is 0 Å². The first-order valence-electron chi connectivity index (χ1n) is 17.4.